The average Bonchev–Trinajstić information content (AvgIpc) is 2.92. The second-order valence-electron chi connectivity index (χ2n) is 8.20. The number of hydrogen-bond donors (Lipinski definition) is 1. The van der Waals surface area contributed by atoms with Crippen molar-refractivity contribution in [2.45, 2.75) is 26.8 Å². The Bertz CT molecular complexity index is 941. The topological polar surface area (TPSA) is 60.9 Å². The zero-order valence-electron chi connectivity index (χ0n) is 17.6. The molecule has 0 aromatic heterocycles. The first-order valence-electron chi connectivity index (χ1n) is 9.83. The van der Waals surface area contributed by atoms with Crippen molar-refractivity contribution in [3.8, 4) is 0 Å². The maximum atomic E-state index is 12.9. The summed E-state index contributed by atoms with van der Waals surface area (Å²) in [6, 6.07) is 14.4. The first kappa shape index (κ1) is 20.6. The highest BCUT2D eigenvalue weighted by molar-refractivity contribution is 6.46. The zero-order chi connectivity index (χ0) is 21.3. The van der Waals surface area contributed by atoms with E-state index < -0.39 is 17.7 Å². The number of carbonyl (C=O) groups excluding carboxylic acids is 2. The van der Waals surface area contributed by atoms with Gasteiger partial charge in [0.15, 0.2) is 0 Å². The normalized spacial score (nSPS) is 18.6. The van der Waals surface area contributed by atoms with Crippen molar-refractivity contribution in [2.24, 2.45) is 5.92 Å². The van der Waals surface area contributed by atoms with E-state index in [-0.39, 0.29) is 17.3 Å². The quantitative estimate of drug-likeness (QED) is 0.472. The van der Waals surface area contributed by atoms with Gasteiger partial charge in [-0.25, -0.2) is 0 Å². The summed E-state index contributed by atoms with van der Waals surface area (Å²) >= 11 is 0. The first-order chi connectivity index (χ1) is 13.7. The number of Topliss-reactive ketones (excluding diaryl/α,β-unsaturated/α-hetero) is 1. The number of aliphatic hydroxyl groups excluding tert-OH is 1. The van der Waals surface area contributed by atoms with E-state index in [0.29, 0.717) is 12.1 Å². The fourth-order valence-electron chi connectivity index (χ4n) is 3.63. The molecular weight excluding hydrogens is 364 g/mol. The van der Waals surface area contributed by atoms with Crippen LogP contribution < -0.4 is 4.90 Å². The van der Waals surface area contributed by atoms with Gasteiger partial charge in [0.2, 0.25) is 0 Å². The van der Waals surface area contributed by atoms with E-state index in [2.05, 4.69) is 0 Å². The third-order valence-corrected chi connectivity index (χ3v) is 5.15. The van der Waals surface area contributed by atoms with Gasteiger partial charge >= 0.3 is 0 Å². The zero-order valence-corrected chi connectivity index (χ0v) is 17.6. The minimum Gasteiger partial charge on any atom is -0.507 e. The molecule has 1 atom stereocenters. The average molecular weight is 392 g/mol. The van der Waals surface area contributed by atoms with Gasteiger partial charge in [-0.15, -0.1) is 0 Å². The van der Waals surface area contributed by atoms with Gasteiger partial charge in [-0.05, 0) is 30.5 Å². The van der Waals surface area contributed by atoms with Crippen LogP contribution in [0.15, 0.2) is 54.1 Å². The number of likely N-dealkylation sites (tertiary alicyclic amines) is 1. The molecule has 152 valence electrons. The van der Waals surface area contributed by atoms with Crippen LogP contribution in [-0.2, 0) is 9.59 Å². The van der Waals surface area contributed by atoms with Crippen LogP contribution in [0.2, 0.25) is 0 Å². The summed E-state index contributed by atoms with van der Waals surface area (Å²) in [4.78, 5) is 29.3. The Morgan fingerprint density at radius 2 is 1.62 bits per heavy atom. The Labute approximate surface area is 172 Å². The predicted molar refractivity (Wildman–Crippen MR) is 116 cm³/mol. The van der Waals surface area contributed by atoms with Crippen molar-refractivity contribution in [3.05, 3.63) is 70.8 Å². The molecule has 0 radical (unpaired) electrons. The lowest BCUT2D eigenvalue weighted by atomic mass is 9.94. The summed E-state index contributed by atoms with van der Waals surface area (Å²) in [6.45, 7) is 6.41. The molecule has 1 N–H and O–H groups in total. The molecule has 1 unspecified atom stereocenters. The lowest BCUT2D eigenvalue weighted by Gasteiger charge is -2.27. The van der Waals surface area contributed by atoms with E-state index in [9.17, 15) is 14.7 Å². The summed E-state index contributed by atoms with van der Waals surface area (Å²) < 4.78 is 0. The van der Waals surface area contributed by atoms with Crippen LogP contribution in [0.25, 0.3) is 5.76 Å². The van der Waals surface area contributed by atoms with Gasteiger partial charge in [0.1, 0.15) is 5.76 Å². The molecule has 1 aliphatic heterocycles. The Balaban J connectivity index is 2.15. The van der Waals surface area contributed by atoms with E-state index in [1.54, 1.807) is 17.0 Å². The third-order valence-electron chi connectivity index (χ3n) is 5.15. The molecular formula is C24H28N2O3. The van der Waals surface area contributed by atoms with Gasteiger partial charge in [0.25, 0.3) is 11.7 Å². The van der Waals surface area contributed by atoms with Gasteiger partial charge in [-0.1, -0.05) is 55.8 Å². The number of carbonyl (C=O) groups is 2. The number of aryl methyl sites for hydroxylation is 1. The van der Waals surface area contributed by atoms with Gasteiger partial charge in [-0.3, -0.25) is 9.59 Å². The second-order valence-corrected chi connectivity index (χ2v) is 8.20. The van der Waals surface area contributed by atoms with E-state index in [0.717, 1.165) is 16.8 Å². The number of nitrogens with zero attached hydrogens (tertiary/aromatic N) is 2. The molecule has 29 heavy (non-hydrogen) atoms. The number of ketones is 1. The summed E-state index contributed by atoms with van der Waals surface area (Å²) in [5, 5.41) is 11.0. The predicted octanol–water partition coefficient (Wildman–Crippen LogP) is 4.14. The fraction of sp³-hybridized carbons (Fsp3) is 0.333. The molecule has 1 heterocycles. The Hall–Kier alpha value is -3.08. The van der Waals surface area contributed by atoms with E-state index in [4.69, 9.17) is 0 Å². The van der Waals surface area contributed by atoms with Crippen molar-refractivity contribution < 1.29 is 14.7 Å². The second kappa shape index (κ2) is 8.11. The number of aliphatic hydroxyl groups is 1. The molecule has 1 aliphatic rings. The third kappa shape index (κ3) is 4.04. The van der Waals surface area contributed by atoms with E-state index >= 15 is 0 Å². The van der Waals surface area contributed by atoms with Gasteiger partial charge < -0.3 is 14.9 Å². The van der Waals surface area contributed by atoms with Crippen LogP contribution in [0.1, 0.15) is 36.6 Å². The minimum absolute atomic E-state index is 0.128. The van der Waals surface area contributed by atoms with Gasteiger partial charge in [0.05, 0.1) is 11.6 Å². The molecule has 0 aliphatic carbocycles. The molecule has 1 fully saturated rings. The molecule has 1 amide bonds. The molecule has 2 aromatic rings. The van der Waals surface area contributed by atoms with Crippen LogP contribution in [-0.4, -0.2) is 42.3 Å². The Kier molecular flexibility index (Phi) is 5.78. The number of rotatable bonds is 5. The van der Waals surface area contributed by atoms with Crippen molar-refractivity contribution in [1.82, 2.24) is 4.90 Å². The number of anilines is 1. The first-order valence-corrected chi connectivity index (χ1v) is 9.83. The van der Waals surface area contributed by atoms with Gasteiger partial charge in [-0.2, -0.15) is 0 Å². The summed E-state index contributed by atoms with van der Waals surface area (Å²) in [5.74, 6) is -1.13. The van der Waals surface area contributed by atoms with Crippen molar-refractivity contribution in [1.29, 1.82) is 0 Å². The summed E-state index contributed by atoms with van der Waals surface area (Å²) in [7, 11) is 3.91. The SMILES string of the molecule is Cc1ccc(/C(O)=C2\C(=O)C(=O)N(CC(C)C)C2c2ccc(N(C)C)cc2)cc1. The van der Waals surface area contributed by atoms with E-state index in [1.807, 2.05) is 76.2 Å². The lowest BCUT2D eigenvalue weighted by Crippen LogP contribution is -2.33. The molecule has 3 rings (SSSR count). The Morgan fingerprint density at radius 3 is 2.14 bits per heavy atom. The van der Waals surface area contributed by atoms with Crippen LogP contribution >= 0.6 is 0 Å². The number of hydrogen-bond acceptors (Lipinski definition) is 4. The minimum atomic E-state index is -0.634. The lowest BCUT2D eigenvalue weighted by molar-refractivity contribution is -0.140. The van der Waals surface area contributed by atoms with Crippen LogP contribution in [0.5, 0.6) is 0 Å². The van der Waals surface area contributed by atoms with Crippen LogP contribution in [0.4, 0.5) is 5.69 Å². The molecule has 2 aromatic carbocycles. The molecule has 0 saturated carbocycles. The maximum Gasteiger partial charge on any atom is 0.295 e. The van der Waals surface area contributed by atoms with Crippen LogP contribution in [0.3, 0.4) is 0 Å². The Morgan fingerprint density at radius 1 is 1.03 bits per heavy atom. The van der Waals surface area contributed by atoms with Crippen molar-refractivity contribution >= 4 is 23.1 Å². The molecule has 5 nitrogen and oxygen atoms in total. The summed E-state index contributed by atoms with van der Waals surface area (Å²) in [5.41, 5.74) is 3.57. The highest BCUT2D eigenvalue weighted by Gasteiger charge is 2.46. The number of benzene rings is 2. The molecule has 5 heteroatoms. The largest absolute Gasteiger partial charge is 0.507 e. The number of amides is 1. The molecule has 0 spiro atoms. The van der Waals surface area contributed by atoms with Crippen molar-refractivity contribution in [3.63, 3.8) is 0 Å². The highest BCUT2D eigenvalue weighted by atomic mass is 16.3. The fourth-order valence-corrected chi connectivity index (χ4v) is 3.63. The monoisotopic (exact) mass is 392 g/mol. The molecule has 1 saturated heterocycles. The standard InChI is InChI=1S/C24H28N2O3/c1-15(2)14-26-21(17-10-12-19(13-11-17)25(4)5)20(23(28)24(26)29)22(27)18-8-6-16(3)7-9-18/h6-13,15,21,27H,14H2,1-5H3/b22-20+. The van der Waals surface area contributed by atoms with Crippen LogP contribution in [0, 0.1) is 12.8 Å². The highest BCUT2D eigenvalue weighted by Crippen LogP contribution is 2.40. The maximum absolute atomic E-state index is 12.9. The summed E-state index contributed by atoms with van der Waals surface area (Å²) in [6.07, 6.45) is 0. The van der Waals surface area contributed by atoms with Gasteiger partial charge in [0, 0.05) is 31.9 Å². The van der Waals surface area contributed by atoms with Crippen molar-refractivity contribution in [2.75, 3.05) is 25.5 Å². The smallest absolute Gasteiger partial charge is 0.295 e. The molecule has 0 bridgehead atoms. The van der Waals surface area contributed by atoms with E-state index in [1.165, 1.54) is 0 Å².